The summed E-state index contributed by atoms with van der Waals surface area (Å²) >= 11 is 0. The number of nitrogens with zero attached hydrogens (tertiary/aromatic N) is 1. The molecule has 0 atom stereocenters. The maximum Gasteiger partial charge on any atom is 0.317 e. The minimum atomic E-state index is -0.125. The number of aryl methyl sites for hydroxylation is 2. The number of pyridine rings is 1. The molecular weight excluding hydrogens is 398 g/mol. The highest BCUT2D eigenvalue weighted by molar-refractivity contribution is 5.83. The van der Waals surface area contributed by atoms with Crippen LogP contribution in [0.3, 0.4) is 0 Å². The summed E-state index contributed by atoms with van der Waals surface area (Å²) in [6, 6.07) is 16.4. The molecule has 1 aromatic heterocycles. The second-order valence-electron chi connectivity index (χ2n) is 9.11. The van der Waals surface area contributed by atoms with E-state index in [4.69, 9.17) is 0 Å². The molecule has 1 fully saturated rings. The smallest absolute Gasteiger partial charge is 0.317 e. The standard InChI is InChI=1S/C27H33N3O2/c1-19-15-20(2)25-22(16-19)17-23(26(31)29-25)18-30(14-13-21-9-5-3-6-10-21)27(32)28-24-11-7-4-8-12-24/h3,5-6,9-10,15-17,24H,4,7-8,11-14,18H2,1-2H3,(H,28,32)(H,29,31). The minimum Gasteiger partial charge on any atom is -0.335 e. The Bertz CT molecular complexity index is 1130. The second kappa shape index (κ2) is 10.0. The van der Waals surface area contributed by atoms with Crippen LogP contribution in [0.4, 0.5) is 4.79 Å². The average Bonchev–Trinajstić information content (AvgIpc) is 2.78. The van der Waals surface area contributed by atoms with Gasteiger partial charge in [0.1, 0.15) is 0 Å². The number of nitrogens with one attached hydrogen (secondary N) is 2. The molecule has 32 heavy (non-hydrogen) atoms. The number of amides is 2. The zero-order valence-corrected chi connectivity index (χ0v) is 19.1. The van der Waals surface area contributed by atoms with Crippen LogP contribution in [-0.4, -0.2) is 28.5 Å². The van der Waals surface area contributed by atoms with Gasteiger partial charge < -0.3 is 15.2 Å². The van der Waals surface area contributed by atoms with Gasteiger partial charge in [-0.3, -0.25) is 4.79 Å². The molecule has 2 amide bonds. The second-order valence-corrected chi connectivity index (χ2v) is 9.11. The molecule has 1 heterocycles. The van der Waals surface area contributed by atoms with E-state index in [0.29, 0.717) is 18.7 Å². The Hall–Kier alpha value is -3.08. The van der Waals surface area contributed by atoms with Crippen LogP contribution in [0.2, 0.25) is 0 Å². The maximum absolute atomic E-state index is 13.2. The molecule has 0 unspecified atom stereocenters. The predicted molar refractivity (Wildman–Crippen MR) is 130 cm³/mol. The quantitative estimate of drug-likeness (QED) is 0.561. The molecule has 0 radical (unpaired) electrons. The first-order valence-electron chi connectivity index (χ1n) is 11.7. The average molecular weight is 432 g/mol. The van der Waals surface area contributed by atoms with Crippen molar-refractivity contribution in [2.75, 3.05) is 6.54 Å². The topological polar surface area (TPSA) is 65.2 Å². The van der Waals surface area contributed by atoms with Crippen molar-refractivity contribution in [2.45, 2.75) is 65.0 Å². The number of fused-ring (bicyclic) bond motifs is 1. The molecule has 3 aromatic rings. The highest BCUT2D eigenvalue weighted by Crippen LogP contribution is 2.20. The van der Waals surface area contributed by atoms with Gasteiger partial charge in [-0.05, 0) is 61.8 Å². The number of benzene rings is 2. The summed E-state index contributed by atoms with van der Waals surface area (Å²) in [5, 5.41) is 4.23. The van der Waals surface area contributed by atoms with Gasteiger partial charge in [0, 0.05) is 18.2 Å². The van der Waals surface area contributed by atoms with E-state index in [2.05, 4.69) is 41.5 Å². The van der Waals surface area contributed by atoms with Crippen LogP contribution in [0.1, 0.15) is 54.4 Å². The summed E-state index contributed by atoms with van der Waals surface area (Å²) in [5.41, 5.74) is 4.76. The number of aromatic nitrogens is 1. The van der Waals surface area contributed by atoms with Crippen LogP contribution < -0.4 is 10.9 Å². The fourth-order valence-corrected chi connectivity index (χ4v) is 4.73. The number of carbonyl (C=O) groups is 1. The third-order valence-electron chi connectivity index (χ3n) is 6.46. The molecule has 168 valence electrons. The van der Waals surface area contributed by atoms with Crippen LogP contribution in [0.15, 0.2) is 53.3 Å². The van der Waals surface area contributed by atoms with E-state index < -0.39 is 0 Å². The summed E-state index contributed by atoms with van der Waals surface area (Å²) in [6.07, 6.45) is 6.40. The molecule has 4 rings (SSSR count). The molecule has 0 saturated heterocycles. The Morgan fingerprint density at radius 2 is 1.81 bits per heavy atom. The monoisotopic (exact) mass is 431 g/mol. The predicted octanol–water partition coefficient (Wildman–Crippen LogP) is 5.23. The van der Waals surface area contributed by atoms with Crippen molar-refractivity contribution in [3.8, 4) is 0 Å². The molecule has 0 bridgehead atoms. The lowest BCUT2D eigenvalue weighted by atomic mass is 9.96. The summed E-state index contributed by atoms with van der Waals surface area (Å²) in [6.45, 7) is 4.92. The Balaban J connectivity index is 1.57. The Morgan fingerprint density at radius 1 is 1.06 bits per heavy atom. The van der Waals surface area contributed by atoms with Crippen molar-refractivity contribution in [1.82, 2.24) is 15.2 Å². The van der Waals surface area contributed by atoms with Crippen molar-refractivity contribution in [3.63, 3.8) is 0 Å². The van der Waals surface area contributed by atoms with Crippen molar-refractivity contribution in [3.05, 3.63) is 81.1 Å². The van der Waals surface area contributed by atoms with Gasteiger partial charge >= 0.3 is 6.03 Å². The summed E-state index contributed by atoms with van der Waals surface area (Å²) in [4.78, 5) is 30.9. The van der Waals surface area contributed by atoms with Gasteiger partial charge in [-0.15, -0.1) is 0 Å². The number of urea groups is 1. The molecule has 5 heteroatoms. The molecule has 1 saturated carbocycles. The van der Waals surface area contributed by atoms with Crippen LogP contribution in [0.5, 0.6) is 0 Å². The molecule has 5 nitrogen and oxygen atoms in total. The zero-order chi connectivity index (χ0) is 22.5. The van der Waals surface area contributed by atoms with E-state index >= 15 is 0 Å². The lowest BCUT2D eigenvalue weighted by Gasteiger charge is -2.28. The first-order valence-corrected chi connectivity index (χ1v) is 11.7. The van der Waals surface area contributed by atoms with E-state index in [1.54, 1.807) is 4.90 Å². The summed E-state index contributed by atoms with van der Waals surface area (Å²) in [5.74, 6) is 0. The van der Waals surface area contributed by atoms with Crippen molar-refractivity contribution >= 4 is 16.9 Å². The fraction of sp³-hybridized carbons (Fsp3) is 0.407. The molecule has 1 aliphatic carbocycles. The Morgan fingerprint density at radius 3 is 2.56 bits per heavy atom. The maximum atomic E-state index is 13.2. The summed E-state index contributed by atoms with van der Waals surface area (Å²) in [7, 11) is 0. The van der Waals surface area contributed by atoms with Gasteiger partial charge in [-0.1, -0.05) is 61.2 Å². The number of hydrogen-bond donors (Lipinski definition) is 2. The number of hydrogen-bond acceptors (Lipinski definition) is 2. The van der Waals surface area contributed by atoms with Gasteiger partial charge in [0.2, 0.25) is 0 Å². The van der Waals surface area contributed by atoms with Crippen molar-refractivity contribution < 1.29 is 4.79 Å². The molecule has 2 aromatic carbocycles. The van der Waals surface area contributed by atoms with Crippen molar-refractivity contribution in [1.29, 1.82) is 0 Å². The van der Waals surface area contributed by atoms with Crippen LogP contribution in [0, 0.1) is 13.8 Å². The highest BCUT2D eigenvalue weighted by Gasteiger charge is 2.21. The first-order chi connectivity index (χ1) is 15.5. The fourth-order valence-electron chi connectivity index (χ4n) is 4.73. The molecular formula is C27H33N3O2. The number of aromatic amines is 1. The lowest BCUT2D eigenvalue weighted by molar-refractivity contribution is 0.187. The molecule has 0 aliphatic heterocycles. The van der Waals surface area contributed by atoms with Gasteiger partial charge in [-0.2, -0.15) is 0 Å². The van der Waals surface area contributed by atoms with Crippen LogP contribution in [0.25, 0.3) is 10.9 Å². The molecule has 2 N–H and O–H groups in total. The number of H-pyrrole nitrogens is 1. The minimum absolute atomic E-state index is 0.0762. The van der Waals surface area contributed by atoms with Crippen LogP contribution in [-0.2, 0) is 13.0 Å². The van der Waals surface area contributed by atoms with Gasteiger partial charge in [0.15, 0.2) is 0 Å². The Labute approximate surface area is 189 Å². The largest absolute Gasteiger partial charge is 0.335 e. The third kappa shape index (κ3) is 5.39. The van der Waals surface area contributed by atoms with E-state index in [-0.39, 0.29) is 17.6 Å². The third-order valence-corrected chi connectivity index (χ3v) is 6.46. The van der Waals surface area contributed by atoms with E-state index in [0.717, 1.165) is 54.1 Å². The Kier molecular flexibility index (Phi) is 6.93. The molecule has 0 spiro atoms. The zero-order valence-electron chi connectivity index (χ0n) is 19.1. The normalized spacial score (nSPS) is 14.4. The summed E-state index contributed by atoms with van der Waals surface area (Å²) < 4.78 is 0. The number of carbonyl (C=O) groups excluding carboxylic acids is 1. The highest BCUT2D eigenvalue weighted by atomic mass is 16.2. The van der Waals surface area contributed by atoms with Crippen molar-refractivity contribution in [2.24, 2.45) is 0 Å². The lowest BCUT2D eigenvalue weighted by Crippen LogP contribution is -2.46. The van der Waals surface area contributed by atoms with Gasteiger partial charge in [0.05, 0.1) is 12.1 Å². The van der Waals surface area contributed by atoms with Crippen LogP contribution >= 0.6 is 0 Å². The first kappa shape index (κ1) is 22.1. The van der Waals surface area contributed by atoms with E-state index in [1.165, 1.54) is 12.0 Å². The van der Waals surface area contributed by atoms with Gasteiger partial charge in [0.25, 0.3) is 5.56 Å². The van der Waals surface area contributed by atoms with E-state index in [9.17, 15) is 9.59 Å². The number of rotatable bonds is 6. The molecule has 1 aliphatic rings. The van der Waals surface area contributed by atoms with Gasteiger partial charge in [-0.25, -0.2) is 4.79 Å². The SMILES string of the molecule is Cc1cc(C)c2[nH]c(=O)c(CN(CCc3ccccc3)C(=O)NC3CCCCC3)cc2c1. The van der Waals surface area contributed by atoms with E-state index in [1.807, 2.05) is 31.2 Å².